The third-order valence-electron chi connectivity index (χ3n) is 3.18. The molecule has 20 heavy (non-hydrogen) atoms. The first-order chi connectivity index (χ1) is 9.65. The smallest absolute Gasteiger partial charge is 0.148 e. The van der Waals surface area contributed by atoms with Gasteiger partial charge in [-0.15, -0.1) is 0 Å². The fourth-order valence-electron chi connectivity index (χ4n) is 2.06. The lowest BCUT2D eigenvalue weighted by atomic mass is 10.1. The molecule has 0 atom stereocenters. The summed E-state index contributed by atoms with van der Waals surface area (Å²) in [5, 5.41) is 3.31. The second kappa shape index (κ2) is 6.29. The first-order valence-electron chi connectivity index (χ1n) is 6.64. The second-order valence-electron chi connectivity index (χ2n) is 4.55. The highest BCUT2D eigenvalue weighted by molar-refractivity contribution is 5.56. The molecule has 2 heterocycles. The van der Waals surface area contributed by atoms with E-state index in [0.29, 0.717) is 18.2 Å². The lowest BCUT2D eigenvalue weighted by Gasteiger charge is -2.13. The van der Waals surface area contributed by atoms with Crippen LogP contribution in [0.25, 0.3) is 0 Å². The van der Waals surface area contributed by atoms with E-state index < -0.39 is 0 Å². The fourth-order valence-corrected chi connectivity index (χ4v) is 2.06. The Balaban J connectivity index is 2.21. The van der Waals surface area contributed by atoms with E-state index in [1.54, 1.807) is 6.20 Å². The maximum Gasteiger partial charge on any atom is 0.148 e. The first kappa shape index (κ1) is 14.2. The Hall–Kier alpha value is -2.21. The molecule has 0 aromatic carbocycles. The zero-order chi connectivity index (χ0) is 14.5. The van der Waals surface area contributed by atoms with Crippen LogP contribution in [0.5, 0.6) is 0 Å². The van der Waals surface area contributed by atoms with Crippen molar-refractivity contribution in [3.63, 3.8) is 0 Å². The van der Waals surface area contributed by atoms with Crippen molar-refractivity contribution in [1.82, 2.24) is 15.0 Å². The molecule has 0 aliphatic carbocycles. The van der Waals surface area contributed by atoms with Crippen LogP contribution in [0, 0.1) is 13.8 Å². The molecule has 0 spiro atoms. The van der Waals surface area contributed by atoms with Crippen LogP contribution >= 0.6 is 0 Å². The molecular weight excluding hydrogens is 252 g/mol. The minimum atomic E-state index is 0.630. The molecule has 4 N–H and O–H groups in total. The van der Waals surface area contributed by atoms with Crippen LogP contribution in [-0.4, -0.2) is 15.0 Å². The van der Waals surface area contributed by atoms with Crippen LogP contribution in [-0.2, 0) is 13.0 Å². The second-order valence-corrected chi connectivity index (χ2v) is 4.55. The SMILES string of the molecule is CCc1cccnc1CNc1nc(C)nc(NN)c1C. The minimum Gasteiger partial charge on any atom is -0.364 e. The summed E-state index contributed by atoms with van der Waals surface area (Å²) in [7, 11) is 0. The molecule has 6 nitrogen and oxygen atoms in total. The average Bonchev–Trinajstić information content (AvgIpc) is 2.48. The number of hydrazine groups is 1. The van der Waals surface area contributed by atoms with E-state index in [1.807, 2.05) is 19.9 Å². The van der Waals surface area contributed by atoms with Crippen LogP contribution in [0.1, 0.15) is 29.6 Å². The van der Waals surface area contributed by atoms with Crippen molar-refractivity contribution < 1.29 is 0 Å². The fraction of sp³-hybridized carbons (Fsp3) is 0.357. The van der Waals surface area contributed by atoms with Crippen molar-refractivity contribution in [2.45, 2.75) is 33.7 Å². The van der Waals surface area contributed by atoms with Gasteiger partial charge in [-0.05, 0) is 31.9 Å². The van der Waals surface area contributed by atoms with Crippen molar-refractivity contribution in [1.29, 1.82) is 0 Å². The van der Waals surface area contributed by atoms with Crippen LogP contribution in [0.4, 0.5) is 11.6 Å². The standard InChI is InChI=1S/C14H20N6/c1-4-11-6-5-7-16-12(11)8-17-13-9(2)14(20-15)19-10(3)18-13/h5-7H,4,8,15H2,1-3H3,(H2,17,18,19,20). The van der Waals surface area contributed by atoms with Gasteiger partial charge in [0.1, 0.15) is 17.5 Å². The molecule has 2 aromatic rings. The van der Waals surface area contributed by atoms with Gasteiger partial charge in [0.25, 0.3) is 0 Å². The summed E-state index contributed by atoms with van der Waals surface area (Å²) in [5.74, 6) is 7.54. The molecule has 0 unspecified atom stereocenters. The number of pyridine rings is 1. The van der Waals surface area contributed by atoms with Crippen LogP contribution < -0.4 is 16.6 Å². The Morgan fingerprint density at radius 1 is 1.20 bits per heavy atom. The molecule has 0 aliphatic rings. The normalized spacial score (nSPS) is 10.4. The van der Waals surface area contributed by atoms with E-state index >= 15 is 0 Å². The van der Waals surface area contributed by atoms with Gasteiger partial charge >= 0.3 is 0 Å². The van der Waals surface area contributed by atoms with E-state index in [2.05, 4.69) is 38.7 Å². The Labute approximate surface area is 118 Å². The predicted molar refractivity (Wildman–Crippen MR) is 80.3 cm³/mol. The lowest BCUT2D eigenvalue weighted by molar-refractivity contribution is 0.946. The first-order valence-corrected chi connectivity index (χ1v) is 6.64. The summed E-state index contributed by atoms with van der Waals surface area (Å²) < 4.78 is 0. The van der Waals surface area contributed by atoms with Crippen LogP contribution in [0.2, 0.25) is 0 Å². The highest BCUT2D eigenvalue weighted by Crippen LogP contribution is 2.19. The quantitative estimate of drug-likeness (QED) is 0.569. The molecule has 2 rings (SSSR count). The molecule has 0 saturated heterocycles. The van der Waals surface area contributed by atoms with Gasteiger partial charge < -0.3 is 10.7 Å². The Bertz CT molecular complexity index is 596. The zero-order valence-electron chi connectivity index (χ0n) is 12.1. The molecule has 106 valence electrons. The molecule has 0 saturated carbocycles. The van der Waals surface area contributed by atoms with Crippen molar-refractivity contribution in [3.05, 3.63) is 41.0 Å². The van der Waals surface area contributed by atoms with Gasteiger partial charge in [-0.2, -0.15) is 0 Å². The van der Waals surface area contributed by atoms with Crippen LogP contribution in [0.3, 0.4) is 0 Å². The maximum atomic E-state index is 5.46. The van der Waals surface area contributed by atoms with Gasteiger partial charge in [0, 0.05) is 11.8 Å². The Morgan fingerprint density at radius 3 is 2.65 bits per heavy atom. The van der Waals surface area contributed by atoms with Gasteiger partial charge in [0.2, 0.25) is 0 Å². The molecule has 0 aliphatic heterocycles. The number of nitrogens with zero attached hydrogens (tertiary/aromatic N) is 3. The summed E-state index contributed by atoms with van der Waals surface area (Å²) in [4.78, 5) is 13.1. The van der Waals surface area contributed by atoms with Crippen molar-refractivity contribution in [2.75, 3.05) is 10.7 Å². The average molecular weight is 272 g/mol. The summed E-state index contributed by atoms with van der Waals surface area (Å²) in [6.45, 7) is 6.52. The Morgan fingerprint density at radius 2 is 1.95 bits per heavy atom. The number of rotatable bonds is 5. The molecular formula is C14H20N6. The van der Waals surface area contributed by atoms with E-state index in [-0.39, 0.29) is 0 Å². The third-order valence-corrected chi connectivity index (χ3v) is 3.18. The molecule has 2 aromatic heterocycles. The number of nitrogens with one attached hydrogen (secondary N) is 2. The number of aromatic nitrogens is 3. The molecule has 0 fully saturated rings. The van der Waals surface area contributed by atoms with E-state index in [9.17, 15) is 0 Å². The summed E-state index contributed by atoms with van der Waals surface area (Å²) in [6.07, 6.45) is 2.77. The highest BCUT2D eigenvalue weighted by Gasteiger charge is 2.09. The number of hydrogen-bond acceptors (Lipinski definition) is 6. The highest BCUT2D eigenvalue weighted by atomic mass is 15.3. The lowest BCUT2D eigenvalue weighted by Crippen LogP contribution is -2.14. The third kappa shape index (κ3) is 3.03. The number of nitrogen functional groups attached to an aromatic ring is 1. The summed E-state index contributed by atoms with van der Waals surface area (Å²) >= 11 is 0. The van der Waals surface area contributed by atoms with Gasteiger partial charge in [0.05, 0.1) is 12.2 Å². The minimum absolute atomic E-state index is 0.630. The van der Waals surface area contributed by atoms with Gasteiger partial charge in [-0.1, -0.05) is 13.0 Å². The molecule has 0 radical (unpaired) electrons. The number of anilines is 2. The summed E-state index contributed by atoms with van der Waals surface area (Å²) in [5.41, 5.74) is 5.76. The van der Waals surface area contributed by atoms with Crippen molar-refractivity contribution in [3.8, 4) is 0 Å². The molecule has 0 amide bonds. The van der Waals surface area contributed by atoms with E-state index in [4.69, 9.17) is 5.84 Å². The monoisotopic (exact) mass is 272 g/mol. The molecule has 0 bridgehead atoms. The topological polar surface area (TPSA) is 88.8 Å². The number of nitrogens with two attached hydrogens (primary N) is 1. The maximum absolute atomic E-state index is 5.46. The summed E-state index contributed by atoms with van der Waals surface area (Å²) in [6, 6.07) is 4.05. The van der Waals surface area contributed by atoms with Crippen molar-refractivity contribution >= 4 is 11.6 Å². The largest absolute Gasteiger partial charge is 0.364 e. The van der Waals surface area contributed by atoms with E-state index in [0.717, 1.165) is 23.5 Å². The predicted octanol–water partition coefficient (Wildman–Crippen LogP) is 1.95. The van der Waals surface area contributed by atoms with Crippen molar-refractivity contribution in [2.24, 2.45) is 5.84 Å². The number of aryl methyl sites for hydroxylation is 2. The van der Waals surface area contributed by atoms with Gasteiger partial charge in [-0.3, -0.25) is 4.98 Å². The van der Waals surface area contributed by atoms with Crippen LogP contribution in [0.15, 0.2) is 18.3 Å². The zero-order valence-corrected chi connectivity index (χ0v) is 12.1. The van der Waals surface area contributed by atoms with E-state index in [1.165, 1.54) is 5.56 Å². The number of hydrogen-bond donors (Lipinski definition) is 3. The Kier molecular flexibility index (Phi) is 4.47. The van der Waals surface area contributed by atoms with Gasteiger partial charge in [0.15, 0.2) is 0 Å². The molecule has 6 heteroatoms. The van der Waals surface area contributed by atoms with Gasteiger partial charge in [-0.25, -0.2) is 15.8 Å².